The van der Waals surface area contributed by atoms with Gasteiger partial charge in [-0.25, -0.2) is 0 Å². The molecule has 0 spiro atoms. The molecule has 1 aromatic heterocycles. The lowest BCUT2D eigenvalue weighted by Crippen LogP contribution is -2.44. The summed E-state index contributed by atoms with van der Waals surface area (Å²) in [6.45, 7) is 4.52. The zero-order valence-electron chi connectivity index (χ0n) is 20.8. The van der Waals surface area contributed by atoms with Gasteiger partial charge in [0, 0.05) is 36.8 Å². The Kier molecular flexibility index (Phi) is 7.95. The first-order valence-electron chi connectivity index (χ1n) is 12.2. The molecule has 0 aliphatic carbocycles. The molecule has 196 valence electrons. The molecule has 10 heteroatoms. The molecule has 3 aromatic carbocycles. The van der Waals surface area contributed by atoms with E-state index in [9.17, 15) is 9.90 Å². The smallest absolute Gasteiger partial charge is 0.295 e. The molecule has 1 aliphatic heterocycles. The van der Waals surface area contributed by atoms with E-state index in [4.69, 9.17) is 27.9 Å². The number of azo groups is 1. The normalized spacial score (nSPS) is 14.9. The maximum atomic E-state index is 12.8. The summed E-state index contributed by atoms with van der Waals surface area (Å²) < 4.78 is 7.54. The van der Waals surface area contributed by atoms with Crippen molar-refractivity contribution in [3.8, 4) is 11.6 Å². The van der Waals surface area contributed by atoms with Gasteiger partial charge in [-0.1, -0.05) is 41.4 Å². The van der Waals surface area contributed by atoms with Crippen LogP contribution >= 0.6 is 23.2 Å². The summed E-state index contributed by atoms with van der Waals surface area (Å²) in [5, 5.41) is 20.8. The van der Waals surface area contributed by atoms with Crippen molar-refractivity contribution in [2.45, 2.75) is 13.3 Å². The van der Waals surface area contributed by atoms with E-state index in [0.717, 1.165) is 37.3 Å². The molecule has 2 heterocycles. The number of nitrogens with zero attached hydrogens (tertiary/aromatic N) is 5. The lowest BCUT2D eigenvalue weighted by molar-refractivity contribution is 0.0995. The molecule has 1 N–H and O–H groups in total. The van der Waals surface area contributed by atoms with E-state index in [1.807, 2.05) is 36.4 Å². The first kappa shape index (κ1) is 26.2. The molecule has 8 nitrogen and oxygen atoms in total. The van der Waals surface area contributed by atoms with Crippen molar-refractivity contribution in [3.05, 3.63) is 87.9 Å². The van der Waals surface area contributed by atoms with Gasteiger partial charge >= 0.3 is 0 Å². The van der Waals surface area contributed by atoms with E-state index < -0.39 is 5.91 Å². The number of fused-ring (bicyclic) bond motifs is 1. The van der Waals surface area contributed by atoms with E-state index in [1.165, 1.54) is 0 Å². The van der Waals surface area contributed by atoms with E-state index in [1.54, 1.807) is 34.9 Å². The zero-order valence-corrected chi connectivity index (χ0v) is 22.4. The fraction of sp³-hybridized carbons (Fsp3) is 0.250. The zero-order chi connectivity index (χ0) is 26.6. The number of rotatable bonds is 7. The number of hydrogen-bond acceptors (Lipinski definition) is 6. The standard InChI is InChI=1S/C28H27Cl2N5O3/c1-33-13-15-34(16-14-33)18-35-24-4-2-3-23(30)25(24)26(28(35)37)31-32-27(36)20-7-11-22(12-8-20)38-17-19-5-9-21(29)10-6-19/h2-12,37H,13-18H2,1H3. The van der Waals surface area contributed by atoms with Crippen molar-refractivity contribution < 1.29 is 14.6 Å². The minimum atomic E-state index is -0.541. The molecular weight excluding hydrogens is 525 g/mol. The van der Waals surface area contributed by atoms with Crippen LogP contribution in [0.1, 0.15) is 15.9 Å². The van der Waals surface area contributed by atoms with Crippen molar-refractivity contribution >= 4 is 45.7 Å². The highest BCUT2D eigenvalue weighted by Gasteiger charge is 2.22. The molecule has 1 aliphatic rings. The summed E-state index contributed by atoms with van der Waals surface area (Å²) in [5.74, 6) is 0.0000369. The summed E-state index contributed by atoms with van der Waals surface area (Å²) in [5.41, 5.74) is 2.24. The van der Waals surface area contributed by atoms with E-state index in [-0.39, 0.29) is 11.6 Å². The fourth-order valence-electron chi connectivity index (χ4n) is 4.35. The van der Waals surface area contributed by atoms with Gasteiger partial charge in [-0.05, 0) is 61.1 Å². The maximum absolute atomic E-state index is 12.8. The fourth-order valence-corrected chi connectivity index (χ4v) is 4.73. The second-order valence-corrected chi connectivity index (χ2v) is 10.1. The molecular formula is C28H27Cl2N5O3. The van der Waals surface area contributed by atoms with Gasteiger partial charge in [0.15, 0.2) is 5.69 Å². The number of carbonyl (C=O) groups is 1. The molecule has 38 heavy (non-hydrogen) atoms. The van der Waals surface area contributed by atoms with Crippen LogP contribution in [-0.4, -0.2) is 58.6 Å². The first-order chi connectivity index (χ1) is 18.4. The second kappa shape index (κ2) is 11.5. The minimum Gasteiger partial charge on any atom is -0.493 e. The third-order valence-electron chi connectivity index (χ3n) is 6.58. The number of hydrogen-bond donors (Lipinski definition) is 1. The largest absolute Gasteiger partial charge is 0.493 e. The lowest BCUT2D eigenvalue weighted by Gasteiger charge is -2.32. The van der Waals surface area contributed by atoms with Crippen molar-refractivity contribution in [2.75, 3.05) is 33.2 Å². The minimum absolute atomic E-state index is 0.0745. The second-order valence-electron chi connectivity index (χ2n) is 9.24. The molecule has 0 saturated carbocycles. The summed E-state index contributed by atoms with van der Waals surface area (Å²) in [6, 6.07) is 19.5. The van der Waals surface area contributed by atoms with Gasteiger partial charge in [-0.2, -0.15) is 0 Å². The molecule has 0 unspecified atom stereocenters. The molecule has 5 rings (SSSR count). The van der Waals surface area contributed by atoms with E-state index >= 15 is 0 Å². The van der Waals surface area contributed by atoms with Crippen molar-refractivity contribution in [2.24, 2.45) is 10.2 Å². The number of aromatic hydroxyl groups is 1. The molecule has 0 bridgehead atoms. The highest BCUT2D eigenvalue weighted by molar-refractivity contribution is 6.36. The van der Waals surface area contributed by atoms with Crippen LogP contribution in [0.3, 0.4) is 0 Å². The predicted molar refractivity (Wildman–Crippen MR) is 149 cm³/mol. The summed E-state index contributed by atoms with van der Waals surface area (Å²) in [6.07, 6.45) is 0. The average Bonchev–Trinajstić information content (AvgIpc) is 3.20. The number of piperazine rings is 1. The highest BCUT2D eigenvalue weighted by Crippen LogP contribution is 2.42. The van der Waals surface area contributed by atoms with Gasteiger partial charge in [0.1, 0.15) is 12.4 Å². The Bertz CT molecular complexity index is 1460. The van der Waals surface area contributed by atoms with Crippen LogP contribution in [0.5, 0.6) is 11.6 Å². The SMILES string of the molecule is CN1CCN(Cn2c(O)c(N=NC(=O)c3ccc(OCc4ccc(Cl)cc4)cc3)c3c(Cl)cccc32)CC1. The molecule has 1 saturated heterocycles. The molecule has 0 radical (unpaired) electrons. The molecule has 4 aromatic rings. The van der Waals surface area contributed by atoms with Crippen molar-refractivity contribution in [1.29, 1.82) is 0 Å². The van der Waals surface area contributed by atoms with Gasteiger partial charge in [-0.15, -0.1) is 10.2 Å². The van der Waals surface area contributed by atoms with Gasteiger partial charge in [0.25, 0.3) is 5.91 Å². The van der Waals surface area contributed by atoms with Crippen molar-refractivity contribution in [1.82, 2.24) is 14.4 Å². The van der Waals surface area contributed by atoms with Crippen LogP contribution in [0.2, 0.25) is 10.0 Å². The van der Waals surface area contributed by atoms with Gasteiger partial charge < -0.3 is 14.7 Å². The van der Waals surface area contributed by atoms with E-state index in [2.05, 4.69) is 27.1 Å². The van der Waals surface area contributed by atoms with Crippen LogP contribution in [0, 0.1) is 0 Å². The number of ether oxygens (including phenoxy) is 1. The third-order valence-corrected chi connectivity index (χ3v) is 7.15. The summed E-state index contributed by atoms with van der Waals surface area (Å²) in [7, 11) is 2.09. The van der Waals surface area contributed by atoms with Crippen LogP contribution in [0.25, 0.3) is 10.9 Å². The Labute approximate surface area is 230 Å². The lowest BCUT2D eigenvalue weighted by atomic mass is 10.2. The van der Waals surface area contributed by atoms with Crippen LogP contribution in [0.15, 0.2) is 77.0 Å². The first-order valence-corrected chi connectivity index (χ1v) is 13.0. The Morgan fingerprint density at radius 2 is 1.68 bits per heavy atom. The quantitative estimate of drug-likeness (QED) is 0.270. The number of carbonyl (C=O) groups excluding carboxylic acids is 1. The average molecular weight is 552 g/mol. The number of aromatic nitrogens is 1. The van der Waals surface area contributed by atoms with Crippen LogP contribution in [0.4, 0.5) is 5.69 Å². The Morgan fingerprint density at radius 3 is 2.39 bits per heavy atom. The van der Waals surface area contributed by atoms with Gasteiger partial charge in [0.2, 0.25) is 5.88 Å². The Balaban J connectivity index is 1.32. The topological polar surface area (TPSA) is 82.7 Å². The predicted octanol–water partition coefficient (Wildman–Crippen LogP) is 6.36. The Morgan fingerprint density at radius 1 is 0.974 bits per heavy atom. The van der Waals surface area contributed by atoms with Gasteiger partial charge in [-0.3, -0.25) is 14.3 Å². The van der Waals surface area contributed by atoms with E-state index in [0.29, 0.717) is 40.0 Å². The third kappa shape index (κ3) is 5.84. The van der Waals surface area contributed by atoms with Gasteiger partial charge in [0.05, 0.1) is 22.6 Å². The summed E-state index contributed by atoms with van der Waals surface area (Å²) in [4.78, 5) is 17.3. The molecule has 0 atom stereocenters. The summed E-state index contributed by atoms with van der Waals surface area (Å²) >= 11 is 12.4. The molecule has 1 amide bonds. The highest BCUT2D eigenvalue weighted by atomic mass is 35.5. The maximum Gasteiger partial charge on any atom is 0.295 e. The number of halogens is 2. The number of amides is 1. The van der Waals surface area contributed by atoms with Crippen molar-refractivity contribution in [3.63, 3.8) is 0 Å². The Hall–Kier alpha value is -3.43. The van der Waals surface area contributed by atoms with Crippen LogP contribution < -0.4 is 4.74 Å². The monoisotopic (exact) mass is 551 g/mol. The number of likely N-dealkylation sites (N-methyl/N-ethyl adjacent to an activating group) is 1. The number of benzene rings is 3. The molecule has 1 fully saturated rings. The van der Waals surface area contributed by atoms with Crippen LogP contribution in [-0.2, 0) is 13.3 Å².